The van der Waals surface area contributed by atoms with Crippen LogP contribution in [0.3, 0.4) is 0 Å². The third kappa shape index (κ3) is 3.65. The molecular weight excluding hydrogens is 422 g/mol. The number of rotatable bonds is 4. The van der Waals surface area contributed by atoms with Crippen molar-refractivity contribution >= 4 is 17.1 Å². The van der Waals surface area contributed by atoms with Crippen molar-refractivity contribution in [3.8, 4) is 22.3 Å². The second kappa shape index (κ2) is 8.29. The molecule has 0 radical (unpaired) electrons. The molecule has 1 nitrogen and oxygen atoms in total. The van der Waals surface area contributed by atoms with Crippen LogP contribution < -0.4 is 4.90 Å². The van der Waals surface area contributed by atoms with Crippen LogP contribution in [-0.4, -0.2) is 0 Å². The molecule has 0 saturated heterocycles. The van der Waals surface area contributed by atoms with Crippen molar-refractivity contribution < 1.29 is 0 Å². The first-order valence-electron chi connectivity index (χ1n) is 12.3. The first-order valence-corrected chi connectivity index (χ1v) is 12.3. The molecule has 170 valence electrons. The lowest BCUT2D eigenvalue weighted by Gasteiger charge is -2.28. The molecule has 5 aromatic rings. The molecule has 1 aliphatic rings. The predicted molar refractivity (Wildman–Crippen MR) is 149 cm³/mol. The molecule has 1 aliphatic carbocycles. The van der Waals surface area contributed by atoms with E-state index in [1.54, 1.807) is 0 Å². The smallest absolute Gasteiger partial charge is 0.0465 e. The Morgan fingerprint density at radius 3 is 1.91 bits per heavy atom. The SMILES string of the molecule is Cc1cccc(-c2ccc(N(c3ccccc3)c3ccc4c(c3)C(C)(C)c3ccccc3-4)cc2)c1. The van der Waals surface area contributed by atoms with Crippen molar-refractivity contribution in [2.45, 2.75) is 26.2 Å². The van der Waals surface area contributed by atoms with E-state index in [9.17, 15) is 0 Å². The van der Waals surface area contributed by atoms with E-state index in [0.29, 0.717) is 0 Å². The normalized spacial score (nSPS) is 13.2. The highest BCUT2D eigenvalue weighted by Gasteiger charge is 2.35. The molecule has 0 unspecified atom stereocenters. The van der Waals surface area contributed by atoms with E-state index in [4.69, 9.17) is 0 Å². The van der Waals surface area contributed by atoms with E-state index in [1.807, 2.05) is 0 Å². The predicted octanol–water partition coefficient (Wildman–Crippen LogP) is 9.44. The lowest BCUT2D eigenvalue weighted by molar-refractivity contribution is 0.660. The summed E-state index contributed by atoms with van der Waals surface area (Å²) in [6, 6.07) is 44.0. The molecule has 1 heteroatoms. The van der Waals surface area contributed by atoms with E-state index in [1.165, 1.54) is 44.6 Å². The molecule has 0 amide bonds. The van der Waals surface area contributed by atoms with Crippen LogP contribution in [-0.2, 0) is 5.41 Å². The van der Waals surface area contributed by atoms with Crippen LogP contribution >= 0.6 is 0 Å². The average Bonchev–Trinajstić information content (AvgIpc) is 3.12. The average molecular weight is 452 g/mol. The van der Waals surface area contributed by atoms with Crippen LogP contribution in [0.1, 0.15) is 30.5 Å². The van der Waals surface area contributed by atoms with E-state index < -0.39 is 0 Å². The molecule has 0 spiro atoms. The molecule has 0 atom stereocenters. The maximum atomic E-state index is 2.39. The molecule has 0 N–H and O–H groups in total. The molecule has 0 saturated carbocycles. The largest absolute Gasteiger partial charge is 0.310 e. The highest BCUT2D eigenvalue weighted by molar-refractivity contribution is 5.85. The monoisotopic (exact) mass is 451 g/mol. The number of anilines is 3. The van der Waals surface area contributed by atoms with Crippen LogP contribution in [0, 0.1) is 6.92 Å². The number of para-hydroxylation sites is 1. The summed E-state index contributed by atoms with van der Waals surface area (Å²) in [6.07, 6.45) is 0. The van der Waals surface area contributed by atoms with Crippen LogP contribution in [0.25, 0.3) is 22.3 Å². The second-order valence-electron chi connectivity index (χ2n) is 9.99. The fraction of sp³-hybridized carbons (Fsp3) is 0.118. The zero-order valence-corrected chi connectivity index (χ0v) is 20.5. The summed E-state index contributed by atoms with van der Waals surface area (Å²) in [5.41, 5.74) is 12.7. The van der Waals surface area contributed by atoms with Gasteiger partial charge in [-0.2, -0.15) is 0 Å². The summed E-state index contributed by atoms with van der Waals surface area (Å²) in [5, 5.41) is 0. The van der Waals surface area contributed by atoms with Crippen molar-refractivity contribution in [2.24, 2.45) is 0 Å². The molecule has 0 heterocycles. The van der Waals surface area contributed by atoms with Crippen molar-refractivity contribution in [3.05, 3.63) is 138 Å². The van der Waals surface area contributed by atoms with Gasteiger partial charge in [0.05, 0.1) is 0 Å². The van der Waals surface area contributed by atoms with E-state index in [2.05, 4.69) is 147 Å². The number of fused-ring (bicyclic) bond motifs is 3. The highest BCUT2D eigenvalue weighted by atomic mass is 15.1. The van der Waals surface area contributed by atoms with Gasteiger partial charge in [0.25, 0.3) is 0 Å². The Hall–Kier alpha value is -4.10. The maximum absolute atomic E-state index is 2.39. The van der Waals surface area contributed by atoms with Gasteiger partial charge in [0, 0.05) is 22.5 Å². The number of nitrogens with zero attached hydrogens (tertiary/aromatic N) is 1. The number of hydrogen-bond acceptors (Lipinski definition) is 1. The van der Waals surface area contributed by atoms with Gasteiger partial charge < -0.3 is 4.90 Å². The van der Waals surface area contributed by atoms with Gasteiger partial charge in [-0.3, -0.25) is 0 Å². The Balaban J connectivity index is 1.46. The maximum Gasteiger partial charge on any atom is 0.0465 e. The number of benzene rings is 5. The Kier molecular flexibility index (Phi) is 5.07. The molecule has 0 fully saturated rings. The Bertz CT molecular complexity index is 1510. The standard InChI is InChI=1S/C34H29N/c1-24-10-9-11-26(22-24)25-16-18-28(19-17-25)35(27-12-5-4-6-13-27)29-20-21-31-30-14-7-8-15-32(30)34(2,3)33(31)23-29/h4-23H,1-3H3. The summed E-state index contributed by atoms with van der Waals surface area (Å²) in [4.78, 5) is 2.36. The first kappa shape index (κ1) is 21.4. The lowest BCUT2D eigenvalue weighted by Crippen LogP contribution is -2.16. The van der Waals surface area contributed by atoms with Crippen LogP contribution in [0.5, 0.6) is 0 Å². The Labute approximate surface area is 208 Å². The van der Waals surface area contributed by atoms with Gasteiger partial charge in [-0.25, -0.2) is 0 Å². The second-order valence-corrected chi connectivity index (χ2v) is 9.99. The van der Waals surface area contributed by atoms with Gasteiger partial charge in [-0.05, 0) is 76.7 Å². The fourth-order valence-corrected chi connectivity index (χ4v) is 5.48. The zero-order chi connectivity index (χ0) is 24.0. The number of hydrogen-bond donors (Lipinski definition) is 0. The molecule has 0 aromatic heterocycles. The first-order chi connectivity index (χ1) is 17.0. The minimum atomic E-state index is -0.0285. The van der Waals surface area contributed by atoms with Gasteiger partial charge in [-0.1, -0.05) is 104 Å². The minimum absolute atomic E-state index is 0.0285. The van der Waals surface area contributed by atoms with Crippen molar-refractivity contribution in [1.82, 2.24) is 0 Å². The quantitative estimate of drug-likeness (QED) is 0.263. The van der Waals surface area contributed by atoms with Gasteiger partial charge in [0.1, 0.15) is 0 Å². The van der Waals surface area contributed by atoms with Gasteiger partial charge in [0.2, 0.25) is 0 Å². The van der Waals surface area contributed by atoms with E-state index in [0.717, 1.165) is 11.4 Å². The Morgan fingerprint density at radius 1 is 0.486 bits per heavy atom. The van der Waals surface area contributed by atoms with Crippen LogP contribution in [0.4, 0.5) is 17.1 Å². The van der Waals surface area contributed by atoms with Crippen LogP contribution in [0.2, 0.25) is 0 Å². The topological polar surface area (TPSA) is 3.24 Å². The van der Waals surface area contributed by atoms with Gasteiger partial charge >= 0.3 is 0 Å². The summed E-state index contributed by atoms with van der Waals surface area (Å²) < 4.78 is 0. The highest BCUT2D eigenvalue weighted by Crippen LogP contribution is 2.50. The van der Waals surface area contributed by atoms with Crippen LogP contribution in [0.15, 0.2) is 121 Å². The fourth-order valence-electron chi connectivity index (χ4n) is 5.48. The molecule has 35 heavy (non-hydrogen) atoms. The summed E-state index contributed by atoms with van der Waals surface area (Å²) in [7, 11) is 0. The third-order valence-electron chi connectivity index (χ3n) is 7.32. The van der Waals surface area contributed by atoms with E-state index >= 15 is 0 Å². The summed E-state index contributed by atoms with van der Waals surface area (Å²) >= 11 is 0. The number of aryl methyl sites for hydroxylation is 1. The minimum Gasteiger partial charge on any atom is -0.310 e. The van der Waals surface area contributed by atoms with Gasteiger partial charge in [0.15, 0.2) is 0 Å². The molecule has 0 bridgehead atoms. The molecule has 5 aromatic carbocycles. The lowest BCUT2D eigenvalue weighted by atomic mass is 9.82. The van der Waals surface area contributed by atoms with Gasteiger partial charge in [-0.15, -0.1) is 0 Å². The Morgan fingerprint density at radius 2 is 1.14 bits per heavy atom. The zero-order valence-electron chi connectivity index (χ0n) is 20.5. The molecular formula is C34H29N. The van der Waals surface area contributed by atoms with E-state index in [-0.39, 0.29) is 5.41 Å². The summed E-state index contributed by atoms with van der Waals surface area (Å²) in [6.45, 7) is 6.82. The van der Waals surface area contributed by atoms with Crippen molar-refractivity contribution in [2.75, 3.05) is 4.90 Å². The molecule has 6 rings (SSSR count). The summed E-state index contributed by atoms with van der Waals surface area (Å²) in [5.74, 6) is 0. The molecule has 0 aliphatic heterocycles. The van der Waals surface area contributed by atoms with Crippen molar-refractivity contribution in [3.63, 3.8) is 0 Å². The third-order valence-corrected chi connectivity index (χ3v) is 7.32. The van der Waals surface area contributed by atoms with Crippen molar-refractivity contribution in [1.29, 1.82) is 0 Å².